The van der Waals surface area contributed by atoms with Crippen molar-refractivity contribution in [1.82, 2.24) is 15.2 Å². The highest BCUT2D eigenvalue weighted by atomic mass is 79.9. The molecule has 0 spiro atoms. The van der Waals surface area contributed by atoms with Gasteiger partial charge in [-0.15, -0.1) is 0 Å². The molecule has 0 atom stereocenters. The van der Waals surface area contributed by atoms with Gasteiger partial charge in [-0.25, -0.2) is 4.98 Å². The maximum atomic E-state index is 12.4. The van der Waals surface area contributed by atoms with Gasteiger partial charge >= 0.3 is 0 Å². The van der Waals surface area contributed by atoms with E-state index in [9.17, 15) is 4.79 Å². The van der Waals surface area contributed by atoms with Crippen LogP contribution in [-0.2, 0) is 0 Å². The zero-order valence-electron chi connectivity index (χ0n) is 22.6. The monoisotopic (exact) mass is 550 g/mol. The van der Waals surface area contributed by atoms with Gasteiger partial charge in [0, 0.05) is 50.3 Å². The fourth-order valence-corrected chi connectivity index (χ4v) is 5.22. The molecule has 0 radical (unpaired) electrons. The van der Waals surface area contributed by atoms with Crippen LogP contribution in [0.3, 0.4) is 0 Å². The smallest absolute Gasteiger partial charge is 0.252 e. The largest absolute Gasteiger partial charge is 0.354 e. The highest BCUT2D eigenvalue weighted by Crippen LogP contribution is 2.16. The number of piperazine rings is 1. The Morgan fingerprint density at radius 1 is 0.829 bits per heavy atom. The Bertz CT molecular complexity index is 659. The topological polar surface area (TPSA) is 48.5 Å². The summed E-state index contributed by atoms with van der Waals surface area (Å²) >= 11 is 3.50. The van der Waals surface area contributed by atoms with Crippen molar-refractivity contribution in [2.75, 3.05) is 43.0 Å². The summed E-state index contributed by atoms with van der Waals surface area (Å²) in [5.74, 6) is 0.975. The molecule has 0 unspecified atom stereocenters. The Balaban J connectivity index is 1.43. The quantitative estimate of drug-likeness (QED) is 0.146. The Morgan fingerprint density at radius 3 is 1.80 bits per heavy atom. The second kappa shape index (κ2) is 19.0. The number of rotatable bonds is 19. The van der Waals surface area contributed by atoms with Gasteiger partial charge in [-0.1, -0.05) is 93.0 Å². The van der Waals surface area contributed by atoms with Gasteiger partial charge in [0.05, 0.1) is 5.56 Å². The fourth-order valence-electron chi connectivity index (χ4n) is 4.82. The van der Waals surface area contributed by atoms with Gasteiger partial charge in [-0.05, 0) is 38.8 Å². The molecule has 1 aliphatic rings. The number of hydrogen-bond donors (Lipinski definition) is 1. The summed E-state index contributed by atoms with van der Waals surface area (Å²) in [6.45, 7) is 9.38. The number of unbranched alkanes of at least 4 members (excludes halogenated alkanes) is 13. The number of alkyl halides is 1. The first-order chi connectivity index (χ1) is 17.1. The third kappa shape index (κ3) is 13.1. The van der Waals surface area contributed by atoms with Crippen molar-refractivity contribution in [3.63, 3.8) is 0 Å². The van der Waals surface area contributed by atoms with E-state index in [1.54, 1.807) is 6.20 Å². The lowest BCUT2D eigenvalue weighted by Crippen LogP contribution is -2.49. The van der Waals surface area contributed by atoms with Gasteiger partial charge in [0.15, 0.2) is 0 Å². The van der Waals surface area contributed by atoms with Gasteiger partial charge in [-0.2, -0.15) is 0 Å². The van der Waals surface area contributed by atoms with E-state index < -0.39 is 0 Å². The normalized spacial score (nSPS) is 14.6. The van der Waals surface area contributed by atoms with Crippen LogP contribution in [0.2, 0.25) is 0 Å². The Kier molecular flexibility index (Phi) is 16.4. The van der Waals surface area contributed by atoms with Crippen molar-refractivity contribution in [1.29, 1.82) is 0 Å². The molecule has 200 valence electrons. The highest BCUT2D eigenvalue weighted by molar-refractivity contribution is 9.09. The lowest BCUT2D eigenvalue weighted by atomic mass is 10.0. The summed E-state index contributed by atoms with van der Waals surface area (Å²) in [5.41, 5.74) is 0.661. The van der Waals surface area contributed by atoms with Crippen LogP contribution in [0.15, 0.2) is 18.3 Å². The molecule has 2 heterocycles. The second-order valence-electron chi connectivity index (χ2n) is 10.4. The standard InChI is InChI=1S/C29H51BrN4O/c1-26(2)33-21-23-34(24-22-33)28-18-17-27(25-32-28)29(35)31-20-16-14-12-10-8-6-4-3-5-7-9-11-13-15-19-30/h17-18,25-26H,3-16,19-24H2,1-2H3,(H,31,35). The van der Waals surface area contributed by atoms with E-state index in [2.05, 4.69) is 49.9 Å². The van der Waals surface area contributed by atoms with Crippen LogP contribution in [0, 0.1) is 0 Å². The van der Waals surface area contributed by atoms with Crippen LogP contribution in [0.5, 0.6) is 0 Å². The molecule has 1 aromatic rings. The van der Waals surface area contributed by atoms with Crippen LogP contribution < -0.4 is 10.2 Å². The maximum absolute atomic E-state index is 12.4. The first-order valence-corrected chi connectivity index (χ1v) is 15.5. The van der Waals surface area contributed by atoms with Gasteiger partial charge in [0.2, 0.25) is 0 Å². The van der Waals surface area contributed by atoms with Gasteiger partial charge < -0.3 is 10.2 Å². The Labute approximate surface area is 224 Å². The number of anilines is 1. The summed E-state index contributed by atoms with van der Waals surface area (Å²) < 4.78 is 0. The third-order valence-electron chi connectivity index (χ3n) is 7.22. The van der Waals surface area contributed by atoms with Crippen molar-refractivity contribution < 1.29 is 4.79 Å². The van der Waals surface area contributed by atoms with Crippen molar-refractivity contribution in [2.24, 2.45) is 0 Å². The number of pyridine rings is 1. The molecule has 0 bridgehead atoms. The van der Waals surface area contributed by atoms with Crippen molar-refractivity contribution in [3.8, 4) is 0 Å². The zero-order valence-corrected chi connectivity index (χ0v) is 24.2. The lowest BCUT2D eigenvalue weighted by molar-refractivity contribution is 0.0952. The SMILES string of the molecule is CC(C)N1CCN(c2ccc(C(=O)NCCCCCCCCCCCCCCCCBr)cn2)CC1. The summed E-state index contributed by atoms with van der Waals surface area (Å²) in [6.07, 6.45) is 20.5. The van der Waals surface area contributed by atoms with Crippen molar-refractivity contribution in [2.45, 2.75) is 110 Å². The number of carbonyl (C=O) groups is 1. The van der Waals surface area contributed by atoms with E-state index in [0.717, 1.165) is 50.3 Å². The number of amides is 1. The van der Waals surface area contributed by atoms with E-state index in [4.69, 9.17) is 0 Å². The van der Waals surface area contributed by atoms with E-state index in [1.165, 1.54) is 83.5 Å². The molecule has 1 N–H and O–H groups in total. The zero-order chi connectivity index (χ0) is 25.1. The first-order valence-electron chi connectivity index (χ1n) is 14.4. The molecule has 0 saturated carbocycles. The molecule has 0 aliphatic carbocycles. The van der Waals surface area contributed by atoms with Gasteiger partial charge in [-0.3, -0.25) is 9.69 Å². The van der Waals surface area contributed by atoms with Gasteiger partial charge in [0.1, 0.15) is 5.82 Å². The first kappa shape index (κ1) is 30.1. The second-order valence-corrected chi connectivity index (χ2v) is 11.2. The molecule has 1 fully saturated rings. The Hall–Kier alpha value is -1.14. The number of halogens is 1. The molecular weight excluding hydrogens is 500 g/mol. The summed E-state index contributed by atoms with van der Waals surface area (Å²) in [5, 5.41) is 4.22. The highest BCUT2D eigenvalue weighted by Gasteiger charge is 2.19. The van der Waals surface area contributed by atoms with Crippen LogP contribution in [-0.4, -0.2) is 59.9 Å². The van der Waals surface area contributed by atoms with Crippen LogP contribution in [0.25, 0.3) is 0 Å². The fraction of sp³-hybridized carbons (Fsp3) is 0.793. The minimum absolute atomic E-state index is 0.00297. The van der Waals surface area contributed by atoms with Gasteiger partial charge in [0.25, 0.3) is 5.91 Å². The molecule has 2 rings (SSSR count). The predicted molar refractivity (Wildman–Crippen MR) is 154 cm³/mol. The lowest BCUT2D eigenvalue weighted by Gasteiger charge is -2.37. The number of aromatic nitrogens is 1. The minimum Gasteiger partial charge on any atom is -0.354 e. The third-order valence-corrected chi connectivity index (χ3v) is 7.79. The number of carbonyl (C=O) groups excluding carboxylic acids is 1. The summed E-state index contributed by atoms with van der Waals surface area (Å²) in [6, 6.07) is 4.50. The number of nitrogens with one attached hydrogen (secondary N) is 1. The van der Waals surface area contributed by atoms with Crippen LogP contribution >= 0.6 is 15.9 Å². The maximum Gasteiger partial charge on any atom is 0.252 e. The average molecular weight is 552 g/mol. The molecule has 35 heavy (non-hydrogen) atoms. The van der Waals surface area contributed by atoms with Crippen LogP contribution in [0.4, 0.5) is 5.82 Å². The molecular formula is C29H51BrN4O. The number of nitrogens with zero attached hydrogens (tertiary/aromatic N) is 3. The van der Waals surface area contributed by atoms with E-state index in [-0.39, 0.29) is 5.91 Å². The van der Waals surface area contributed by atoms with E-state index >= 15 is 0 Å². The van der Waals surface area contributed by atoms with Crippen LogP contribution in [0.1, 0.15) is 114 Å². The summed E-state index contributed by atoms with van der Waals surface area (Å²) in [7, 11) is 0. The summed E-state index contributed by atoms with van der Waals surface area (Å²) in [4.78, 5) is 21.8. The molecule has 0 aromatic carbocycles. The molecule has 6 heteroatoms. The minimum atomic E-state index is -0.00297. The van der Waals surface area contributed by atoms with E-state index in [0.29, 0.717) is 11.6 Å². The predicted octanol–water partition coefficient (Wildman–Crippen LogP) is 7.20. The van der Waals surface area contributed by atoms with Crippen molar-refractivity contribution in [3.05, 3.63) is 23.9 Å². The number of hydrogen-bond acceptors (Lipinski definition) is 4. The Morgan fingerprint density at radius 2 is 1.34 bits per heavy atom. The average Bonchev–Trinajstić information content (AvgIpc) is 2.88. The molecule has 1 saturated heterocycles. The molecule has 1 amide bonds. The molecule has 1 aliphatic heterocycles. The van der Waals surface area contributed by atoms with E-state index in [1.807, 2.05) is 12.1 Å². The molecule has 5 nitrogen and oxygen atoms in total. The molecule has 1 aromatic heterocycles. The van der Waals surface area contributed by atoms with Crippen molar-refractivity contribution >= 4 is 27.7 Å².